The van der Waals surface area contributed by atoms with Gasteiger partial charge >= 0.3 is 0 Å². The molecule has 0 spiro atoms. The number of rotatable bonds is 6. The number of thioether (sulfide) groups is 1. The average Bonchev–Trinajstić information content (AvgIpc) is 2.85. The lowest BCUT2D eigenvalue weighted by Crippen LogP contribution is -3.00. The molecule has 2 rings (SSSR count). The van der Waals surface area contributed by atoms with Crippen molar-refractivity contribution in [3.8, 4) is 0 Å². The van der Waals surface area contributed by atoms with Crippen molar-refractivity contribution < 1.29 is 26.6 Å². The highest BCUT2D eigenvalue weighted by molar-refractivity contribution is 7.98. The van der Waals surface area contributed by atoms with E-state index in [1.54, 1.807) is 6.07 Å². The maximum Gasteiger partial charge on any atom is 0.294 e. The number of nitro groups is 1. The van der Waals surface area contributed by atoms with Gasteiger partial charge in [0.25, 0.3) is 5.69 Å². The van der Waals surface area contributed by atoms with Crippen molar-refractivity contribution in [2.75, 3.05) is 23.9 Å². The van der Waals surface area contributed by atoms with E-state index < -0.39 is 4.92 Å². The van der Waals surface area contributed by atoms with Gasteiger partial charge in [0.2, 0.25) is 0 Å². The Hall–Kier alpha value is -1.74. The van der Waals surface area contributed by atoms with Crippen LogP contribution in [0.2, 0.25) is 0 Å². The molecule has 0 saturated carbocycles. The summed E-state index contributed by atoms with van der Waals surface area (Å²) >= 11 is 1.50. The van der Waals surface area contributed by atoms with Gasteiger partial charge in [-0.1, -0.05) is 0 Å². The van der Waals surface area contributed by atoms with Gasteiger partial charge in [-0.15, -0.1) is 16.4 Å². The maximum atomic E-state index is 11.0. The molecule has 0 fully saturated rings. The number of aromatic nitrogens is 2. The number of hydrogen-bond donors (Lipinski definition) is 2. The summed E-state index contributed by atoms with van der Waals surface area (Å²) < 4.78 is 4.01. The molecule has 120 valence electrons. The number of aryl methyl sites for hydroxylation is 1. The van der Waals surface area contributed by atoms with Crippen LogP contribution >= 0.6 is 11.8 Å². The Kier molecular flexibility index (Phi) is 6.69. The molecule has 1 aromatic carbocycles. The highest BCUT2D eigenvalue weighted by Gasteiger charge is 2.16. The Morgan fingerprint density at radius 3 is 2.77 bits per heavy atom. The minimum absolute atomic E-state index is 0. The van der Waals surface area contributed by atoms with Gasteiger partial charge in [-0.25, -0.2) is 0 Å². The van der Waals surface area contributed by atoms with Crippen LogP contribution in [0.15, 0.2) is 35.5 Å². The highest BCUT2D eigenvalue weighted by Crippen LogP contribution is 2.34. The summed E-state index contributed by atoms with van der Waals surface area (Å²) in [6, 6.07) is 5.10. The van der Waals surface area contributed by atoms with Crippen molar-refractivity contribution in [1.29, 1.82) is 0 Å². The third-order valence-electron chi connectivity index (χ3n) is 3.17. The van der Waals surface area contributed by atoms with Gasteiger partial charge in [-0.3, -0.25) is 10.1 Å². The fourth-order valence-electron chi connectivity index (χ4n) is 2.04. The molecule has 0 bridgehead atoms. The van der Waals surface area contributed by atoms with Gasteiger partial charge in [0.1, 0.15) is 5.69 Å². The number of nitrogens with one attached hydrogen (secondary N) is 1. The van der Waals surface area contributed by atoms with Crippen molar-refractivity contribution in [3.05, 3.63) is 40.7 Å². The van der Waals surface area contributed by atoms with Crippen molar-refractivity contribution >= 4 is 28.8 Å². The third-order valence-corrected chi connectivity index (χ3v) is 3.94. The molecule has 1 heterocycles. The zero-order valence-electron chi connectivity index (χ0n) is 12.3. The normalized spacial score (nSPS) is 10.1. The molecule has 0 aliphatic rings. The van der Waals surface area contributed by atoms with E-state index in [0.717, 1.165) is 17.1 Å². The molecule has 22 heavy (non-hydrogen) atoms. The minimum Gasteiger partial charge on any atom is -1.00 e. The van der Waals surface area contributed by atoms with Crippen LogP contribution in [0.4, 0.5) is 17.1 Å². The van der Waals surface area contributed by atoms with Gasteiger partial charge in [-0.2, -0.15) is 4.68 Å². The van der Waals surface area contributed by atoms with E-state index in [9.17, 15) is 10.1 Å². The fourth-order valence-corrected chi connectivity index (χ4v) is 2.64. The molecule has 3 N–H and O–H groups in total. The van der Waals surface area contributed by atoms with Crippen LogP contribution in [0.25, 0.3) is 0 Å². The van der Waals surface area contributed by atoms with E-state index in [1.807, 2.05) is 41.1 Å². The molecule has 0 atom stereocenters. The highest BCUT2D eigenvalue weighted by atomic mass is 79.9. The SMILES string of the molecule is CSc1cc(N)c([N+](=O)[O-])cc1NCC[n+]1cccn1C.[Br-]. The first kappa shape index (κ1) is 18.3. The molecular weight excluding hydrogens is 370 g/mol. The largest absolute Gasteiger partial charge is 1.00 e. The molecule has 7 nitrogen and oxygen atoms in total. The number of benzene rings is 1. The summed E-state index contributed by atoms with van der Waals surface area (Å²) in [4.78, 5) is 11.4. The average molecular weight is 388 g/mol. The zero-order chi connectivity index (χ0) is 15.4. The predicted octanol–water partition coefficient (Wildman–Crippen LogP) is -1.36. The van der Waals surface area contributed by atoms with Crippen molar-refractivity contribution in [1.82, 2.24) is 4.68 Å². The lowest BCUT2D eigenvalue weighted by atomic mass is 10.2. The van der Waals surface area contributed by atoms with Crippen LogP contribution in [0.1, 0.15) is 0 Å². The van der Waals surface area contributed by atoms with Gasteiger partial charge in [0.15, 0.2) is 12.7 Å². The van der Waals surface area contributed by atoms with E-state index in [1.165, 1.54) is 17.8 Å². The summed E-state index contributed by atoms with van der Waals surface area (Å²) in [6.07, 6.45) is 5.85. The number of nitrogens with two attached hydrogens (primary N) is 1. The predicted molar refractivity (Wildman–Crippen MR) is 83.4 cm³/mol. The van der Waals surface area contributed by atoms with Crippen LogP contribution in [-0.4, -0.2) is 22.4 Å². The van der Waals surface area contributed by atoms with Crippen molar-refractivity contribution in [3.63, 3.8) is 0 Å². The lowest BCUT2D eigenvalue weighted by molar-refractivity contribution is -0.770. The Bertz CT molecular complexity index is 662. The van der Waals surface area contributed by atoms with Crippen LogP contribution in [0.5, 0.6) is 0 Å². The first-order valence-electron chi connectivity index (χ1n) is 6.39. The van der Waals surface area contributed by atoms with Crippen LogP contribution in [0.3, 0.4) is 0 Å². The van der Waals surface area contributed by atoms with E-state index >= 15 is 0 Å². The molecule has 0 aliphatic heterocycles. The number of anilines is 2. The van der Waals surface area contributed by atoms with Crippen LogP contribution in [-0.2, 0) is 13.6 Å². The van der Waals surface area contributed by atoms with Gasteiger partial charge in [0, 0.05) is 17.0 Å². The summed E-state index contributed by atoms with van der Waals surface area (Å²) in [5.41, 5.74) is 6.56. The third kappa shape index (κ3) is 4.14. The van der Waals surface area contributed by atoms with Gasteiger partial charge in [0.05, 0.1) is 30.4 Å². The fraction of sp³-hybridized carbons (Fsp3) is 0.308. The number of hydrogen-bond acceptors (Lipinski definition) is 5. The van der Waals surface area contributed by atoms with E-state index in [4.69, 9.17) is 5.73 Å². The molecule has 1 aromatic heterocycles. The number of nitrogen functional groups attached to an aromatic ring is 1. The number of halogens is 1. The second-order valence-electron chi connectivity index (χ2n) is 4.52. The Balaban J connectivity index is 0.00000242. The Morgan fingerprint density at radius 1 is 1.50 bits per heavy atom. The first-order chi connectivity index (χ1) is 10.0. The quantitative estimate of drug-likeness (QED) is 0.210. The monoisotopic (exact) mass is 387 g/mol. The molecule has 0 amide bonds. The van der Waals surface area contributed by atoms with Crippen LogP contribution < -0.4 is 32.7 Å². The smallest absolute Gasteiger partial charge is 0.294 e. The molecule has 9 heteroatoms. The zero-order valence-corrected chi connectivity index (χ0v) is 14.7. The first-order valence-corrected chi connectivity index (χ1v) is 7.62. The van der Waals surface area contributed by atoms with Crippen molar-refractivity contribution in [2.45, 2.75) is 11.4 Å². The van der Waals surface area contributed by atoms with Crippen LogP contribution in [0, 0.1) is 10.1 Å². The molecule has 0 aliphatic carbocycles. The second-order valence-corrected chi connectivity index (χ2v) is 5.37. The minimum atomic E-state index is -0.462. The van der Waals surface area contributed by atoms with E-state index in [2.05, 4.69) is 5.32 Å². The van der Waals surface area contributed by atoms with E-state index in [0.29, 0.717) is 6.54 Å². The summed E-state index contributed by atoms with van der Waals surface area (Å²) in [5.74, 6) is 0. The number of nitro benzene ring substituents is 1. The molecular formula is C13H18BrN5O2S. The van der Waals surface area contributed by atoms with Crippen molar-refractivity contribution in [2.24, 2.45) is 7.05 Å². The Morgan fingerprint density at radius 2 is 2.23 bits per heavy atom. The maximum absolute atomic E-state index is 11.0. The molecule has 0 unspecified atom stereocenters. The second kappa shape index (κ2) is 8.04. The summed E-state index contributed by atoms with van der Waals surface area (Å²) in [7, 11) is 1.96. The van der Waals surface area contributed by atoms with E-state index in [-0.39, 0.29) is 28.4 Å². The van der Waals surface area contributed by atoms with Gasteiger partial charge in [-0.05, 0) is 12.3 Å². The molecule has 0 saturated heterocycles. The number of nitrogens with zero attached hydrogens (tertiary/aromatic N) is 3. The van der Waals surface area contributed by atoms with Gasteiger partial charge < -0.3 is 28.0 Å². The Labute approximate surface area is 143 Å². The standard InChI is InChI=1S/C13H18N5O2S.BrH/c1-16-5-3-6-17(16)7-4-15-11-9-12(18(19)20)10(14)8-13(11)21-2;/h3,5-6,8-9,15H,4,7,14H2,1-2H3;1H/q+1;/p-1. The lowest BCUT2D eigenvalue weighted by Gasteiger charge is -2.10. The summed E-state index contributed by atoms with van der Waals surface area (Å²) in [6.45, 7) is 1.42. The summed E-state index contributed by atoms with van der Waals surface area (Å²) in [5, 5.41) is 14.2. The molecule has 0 radical (unpaired) electrons. The molecule has 2 aromatic rings. The topological polar surface area (TPSA) is 90.0 Å².